The highest BCUT2D eigenvalue weighted by atomic mass is 16.5. The van der Waals surface area contributed by atoms with Crippen LogP contribution in [0.2, 0.25) is 0 Å². The minimum absolute atomic E-state index is 0.0574. The van der Waals surface area contributed by atoms with Gasteiger partial charge in [-0.15, -0.1) is 0 Å². The summed E-state index contributed by atoms with van der Waals surface area (Å²) in [4.78, 5) is 14.8. The fourth-order valence-electron chi connectivity index (χ4n) is 5.78. The molecule has 5 nitrogen and oxygen atoms in total. The lowest BCUT2D eigenvalue weighted by Gasteiger charge is -2.56. The van der Waals surface area contributed by atoms with Gasteiger partial charge in [0, 0.05) is 28.5 Å². The number of hydrogen-bond donors (Lipinski definition) is 1. The molecule has 1 saturated heterocycles. The van der Waals surface area contributed by atoms with Gasteiger partial charge in [0.1, 0.15) is 12.2 Å². The number of piperidine rings is 1. The third-order valence-corrected chi connectivity index (χ3v) is 6.86. The second kappa shape index (κ2) is 4.86. The summed E-state index contributed by atoms with van der Waals surface area (Å²) in [5.41, 5.74) is 2.70. The molecule has 1 spiro atoms. The molecule has 1 aromatic carbocycles. The molecule has 5 atom stereocenters. The van der Waals surface area contributed by atoms with Crippen molar-refractivity contribution in [3.63, 3.8) is 0 Å². The summed E-state index contributed by atoms with van der Waals surface area (Å²) in [7, 11) is 3.77. The lowest BCUT2D eigenvalue weighted by molar-refractivity contribution is -0.0453. The summed E-state index contributed by atoms with van der Waals surface area (Å²) in [5, 5.41) is 10.7. The molecular formula is C20H23NO4. The zero-order valence-electron chi connectivity index (χ0n) is 14.8. The number of Topliss-reactive ketones (excluding diaryl/α,β-unsaturated/α-hetero) is 1. The highest BCUT2D eigenvalue weighted by molar-refractivity contribution is 5.97. The van der Waals surface area contributed by atoms with Crippen LogP contribution in [0.4, 0.5) is 0 Å². The van der Waals surface area contributed by atoms with Gasteiger partial charge in [0.2, 0.25) is 0 Å². The number of benzene rings is 1. The predicted molar refractivity (Wildman–Crippen MR) is 92.5 cm³/mol. The number of nitrogens with zero attached hydrogens (tertiary/aromatic N) is 1. The molecule has 0 radical (unpaired) electrons. The fourth-order valence-corrected chi connectivity index (χ4v) is 5.78. The van der Waals surface area contributed by atoms with Crippen molar-refractivity contribution in [2.24, 2.45) is 5.92 Å². The number of aliphatic hydroxyl groups excluding tert-OH is 1. The number of ketones is 1. The number of carbonyl (C=O) groups is 1. The van der Waals surface area contributed by atoms with Gasteiger partial charge in [0.25, 0.3) is 0 Å². The molecule has 1 aromatic rings. The lowest BCUT2D eigenvalue weighted by atomic mass is 9.53. The summed E-state index contributed by atoms with van der Waals surface area (Å²) in [6.07, 6.45) is 4.88. The van der Waals surface area contributed by atoms with Crippen LogP contribution in [0.3, 0.4) is 0 Å². The van der Waals surface area contributed by atoms with Crippen LogP contribution in [0.25, 0.3) is 0 Å². The second-order valence-electron chi connectivity index (χ2n) is 7.85. The quantitative estimate of drug-likeness (QED) is 0.655. The van der Waals surface area contributed by atoms with E-state index in [1.54, 1.807) is 14.0 Å². The number of carbonyl (C=O) groups excluding carboxylic acids is 1. The Bertz CT molecular complexity index is 816. The molecule has 2 aliphatic heterocycles. The highest BCUT2D eigenvalue weighted by Gasteiger charge is 2.64. The maximum absolute atomic E-state index is 12.4. The largest absolute Gasteiger partial charge is 0.493 e. The van der Waals surface area contributed by atoms with E-state index >= 15 is 0 Å². The summed E-state index contributed by atoms with van der Waals surface area (Å²) in [6, 6.07) is 2.15. The molecule has 1 N–H and O–H groups in total. The average Bonchev–Trinajstić information content (AvgIpc) is 2.94. The van der Waals surface area contributed by atoms with Gasteiger partial charge < -0.3 is 19.5 Å². The predicted octanol–water partition coefficient (Wildman–Crippen LogP) is 1.70. The Morgan fingerprint density at radius 3 is 2.96 bits per heavy atom. The molecular weight excluding hydrogens is 318 g/mol. The van der Waals surface area contributed by atoms with E-state index in [1.807, 2.05) is 12.1 Å². The first-order chi connectivity index (χ1) is 12.0. The topological polar surface area (TPSA) is 59.0 Å². The molecule has 0 saturated carbocycles. The van der Waals surface area contributed by atoms with Crippen molar-refractivity contribution in [1.29, 1.82) is 0 Å². The van der Waals surface area contributed by atoms with Gasteiger partial charge >= 0.3 is 0 Å². The van der Waals surface area contributed by atoms with E-state index < -0.39 is 6.10 Å². The fraction of sp³-hybridized carbons (Fsp3) is 0.550. The van der Waals surface area contributed by atoms with Crippen molar-refractivity contribution in [2.75, 3.05) is 20.7 Å². The van der Waals surface area contributed by atoms with Crippen LogP contribution >= 0.6 is 0 Å². The van der Waals surface area contributed by atoms with E-state index in [0.29, 0.717) is 17.7 Å². The number of methoxy groups -OCH3 is 1. The Morgan fingerprint density at radius 1 is 1.44 bits per heavy atom. The van der Waals surface area contributed by atoms with Crippen LogP contribution in [0.15, 0.2) is 18.2 Å². The first-order valence-electron chi connectivity index (χ1n) is 8.97. The van der Waals surface area contributed by atoms with E-state index in [9.17, 15) is 9.90 Å². The zero-order chi connectivity index (χ0) is 17.5. The molecule has 2 aliphatic carbocycles. The maximum atomic E-state index is 12.4. The van der Waals surface area contributed by atoms with E-state index in [4.69, 9.17) is 9.47 Å². The number of rotatable bonds is 2. The van der Waals surface area contributed by atoms with Crippen LogP contribution in [-0.4, -0.2) is 54.7 Å². The van der Waals surface area contributed by atoms with Gasteiger partial charge in [-0.3, -0.25) is 4.79 Å². The second-order valence-corrected chi connectivity index (χ2v) is 7.85. The van der Waals surface area contributed by atoms with Gasteiger partial charge in [0.15, 0.2) is 17.3 Å². The summed E-state index contributed by atoms with van der Waals surface area (Å²) >= 11 is 0. The summed E-state index contributed by atoms with van der Waals surface area (Å²) in [6.45, 7) is 2.58. The van der Waals surface area contributed by atoms with Gasteiger partial charge in [-0.25, -0.2) is 0 Å². The third kappa shape index (κ3) is 1.68. The minimum atomic E-state index is -0.635. The molecule has 0 amide bonds. The molecule has 5 rings (SSSR count). The highest BCUT2D eigenvalue weighted by Crippen LogP contribution is 2.63. The molecule has 2 bridgehead atoms. The normalized spacial score (nSPS) is 37.4. The summed E-state index contributed by atoms with van der Waals surface area (Å²) < 4.78 is 11.9. The molecule has 25 heavy (non-hydrogen) atoms. The van der Waals surface area contributed by atoms with Crippen LogP contribution in [0.1, 0.15) is 34.8 Å². The van der Waals surface area contributed by atoms with Crippen molar-refractivity contribution >= 4 is 5.78 Å². The molecule has 0 unspecified atom stereocenters. The van der Waals surface area contributed by atoms with Crippen molar-refractivity contribution in [3.8, 4) is 11.5 Å². The summed E-state index contributed by atoms with van der Waals surface area (Å²) in [5.74, 6) is 1.70. The smallest absolute Gasteiger partial charge is 0.166 e. The van der Waals surface area contributed by atoms with Crippen molar-refractivity contribution in [2.45, 2.75) is 43.4 Å². The Labute approximate surface area is 147 Å². The van der Waals surface area contributed by atoms with Crippen LogP contribution in [0, 0.1) is 5.92 Å². The van der Waals surface area contributed by atoms with Crippen molar-refractivity contribution in [3.05, 3.63) is 34.9 Å². The third-order valence-electron chi connectivity index (χ3n) is 6.86. The number of likely N-dealkylation sites (tertiary alicyclic amines) is 1. The van der Waals surface area contributed by atoms with E-state index in [0.717, 1.165) is 41.8 Å². The van der Waals surface area contributed by atoms with Crippen LogP contribution in [-0.2, 0) is 11.8 Å². The van der Waals surface area contributed by atoms with Gasteiger partial charge in [0.05, 0.1) is 7.11 Å². The Hall–Kier alpha value is -1.85. The van der Waals surface area contributed by atoms with Gasteiger partial charge in [-0.2, -0.15) is 0 Å². The monoisotopic (exact) mass is 341 g/mol. The molecule has 1 fully saturated rings. The number of aliphatic hydroxyl groups is 1. The SMILES string of the molecule is COc1cc(C(C)=O)c2c3c1O[C@H]1[C@@H](O)C=C[C@H]4[C@@H](C2)N(C)CC[C@@]341. The first-order valence-corrected chi connectivity index (χ1v) is 8.97. The molecule has 132 valence electrons. The van der Waals surface area contributed by atoms with Gasteiger partial charge in [-0.1, -0.05) is 12.2 Å². The molecule has 4 aliphatic rings. The molecule has 5 heteroatoms. The van der Waals surface area contributed by atoms with Crippen molar-refractivity contribution in [1.82, 2.24) is 4.90 Å². The Balaban J connectivity index is 1.87. The van der Waals surface area contributed by atoms with Crippen molar-refractivity contribution < 1.29 is 19.4 Å². The van der Waals surface area contributed by atoms with E-state index in [-0.39, 0.29) is 17.3 Å². The Morgan fingerprint density at radius 2 is 2.24 bits per heavy atom. The maximum Gasteiger partial charge on any atom is 0.166 e. The van der Waals surface area contributed by atoms with Crippen LogP contribution < -0.4 is 9.47 Å². The average molecular weight is 341 g/mol. The number of likely N-dealkylation sites (N-methyl/N-ethyl adjacent to an activating group) is 1. The molecule has 2 heterocycles. The first kappa shape index (κ1) is 15.4. The minimum Gasteiger partial charge on any atom is -0.493 e. The zero-order valence-corrected chi connectivity index (χ0v) is 14.8. The van der Waals surface area contributed by atoms with Crippen LogP contribution in [0.5, 0.6) is 11.5 Å². The Kier molecular flexibility index (Phi) is 3.00. The number of ether oxygens (including phenoxy) is 2. The molecule has 0 aromatic heterocycles. The standard InChI is InChI=1S/C20H23NO4/c1-10(22)11-9-16(24-3)18-17-12(11)8-14-13-4-5-15(23)19(25-18)20(13,17)6-7-21(14)2/h4-5,9,13-15,19,23H,6-8H2,1-3H3/t13-,14+,15-,19-,20-/m0/s1. The van der Waals surface area contributed by atoms with E-state index in [1.165, 1.54) is 0 Å². The van der Waals surface area contributed by atoms with Gasteiger partial charge in [-0.05, 0) is 45.0 Å². The van der Waals surface area contributed by atoms with E-state index in [2.05, 4.69) is 18.0 Å². The number of hydrogen-bond acceptors (Lipinski definition) is 5. The lowest BCUT2D eigenvalue weighted by Crippen LogP contribution is -2.64.